The van der Waals surface area contributed by atoms with Crippen LogP contribution in [-0.2, 0) is 6.54 Å². The first-order chi connectivity index (χ1) is 14.1. The molecule has 1 saturated heterocycles. The molecule has 1 aliphatic heterocycles. The number of halogens is 2. The van der Waals surface area contributed by atoms with E-state index in [1.165, 1.54) is 5.56 Å². The molecule has 1 saturated carbocycles. The molecule has 0 spiro atoms. The van der Waals surface area contributed by atoms with Gasteiger partial charge in [-0.05, 0) is 43.6 Å². The molecule has 2 aliphatic carbocycles. The van der Waals surface area contributed by atoms with Gasteiger partial charge in [0.15, 0.2) is 0 Å². The number of rotatable bonds is 6. The summed E-state index contributed by atoms with van der Waals surface area (Å²) in [5.41, 5.74) is 1.36. The van der Waals surface area contributed by atoms with E-state index < -0.39 is 0 Å². The van der Waals surface area contributed by atoms with E-state index in [1.54, 1.807) is 0 Å². The average Bonchev–Trinajstić information content (AvgIpc) is 3.56. The molecule has 1 atom stereocenters. The number of allylic oxidation sites excluding steroid dienone is 3. The highest BCUT2D eigenvalue weighted by molar-refractivity contribution is 6.44. The monoisotopic (exact) mass is 433 g/mol. The summed E-state index contributed by atoms with van der Waals surface area (Å²) in [6.45, 7) is 3.68. The third-order valence-electron chi connectivity index (χ3n) is 6.10. The molecule has 1 aromatic rings. The summed E-state index contributed by atoms with van der Waals surface area (Å²) in [7, 11) is 0. The van der Waals surface area contributed by atoms with Crippen molar-refractivity contribution in [1.82, 2.24) is 15.1 Å². The van der Waals surface area contributed by atoms with Gasteiger partial charge in [-0.1, -0.05) is 65.7 Å². The van der Waals surface area contributed by atoms with Gasteiger partial charge in [0.2, 0.25) is 0 Å². The van der Waals surface area contributed by atoms with Crippen molar-refractivity contribution in [2.75, 3.05) is 19.6 Å². The lowest BCUT2D eigenvalue weighted by molar-refractivity contribution is 0.112. The van der Waals surface area contributed by atoms with Gasteiger partial charge < -0.3 is 10.2 Å². The number of amides is 2. The molecule has 2 amide bonds. The number of nitrogens with one attached hydrogen (secondary N) is 1. The molecule has 0 aromatic heterocycles. The highest BCUT2D eigenvalue weighted by Crippen LogP contribution is 2.32. The molecule has 1 unspecified atom stereocenters. The molecule has 3 aliphatic rings. The predicted octanol–water partition coefficient (Wildman–Crippen LogP) is 5.09. The molecule has 4 nitrogen and oxygen atoms in total. The van der Waals surface area contributed by atoms with E-state index >= 15 is 0 Å². The Kier molecular flexibility index (Phi) is 6.84. The van der Waals surface area contributed by atoms with Crippen LogP contribution in [0.2, 0.25) is 0 Å². The van der Waals surface area contributed by atoms with Crippen LogP contribution in [0.3, 0.4) is 0 Å². The zero-order chi connectivity index (χ0) is 20.2. The van der Waals surface area contributed by atoms with Crippen LogP contribution in [0.1, 0.15) is 37.7 Å². The fraction of sp³-hybridized carbons (Fsp3) is 0.522. The molecular weight excluding hydrogens is 405 g/mol. The summed E-state index contributed by atoms with van der Waals surface area (Å²) in [4.78, 5) is 17.6. The number of benzene rings is 1. The maximum Gasteiger partial charge on any atom is 0.317 e. The zero-order valence-electron chi connectivity index (χ0n) is 16.7. The largest absolute Gasteiger partial charge is 0.337 e. The molecule has 2 fully saturated rings. The number of piperidine rings is 1. The molecule has 29 heavy (non-hydrogen) atoms. The average molecular weight is 434 g/mol. The number of nitrogens with zero attached hydrogens (tertiary/aromatic N) is 2. The fourth-order valence-electron chi connectivity index (χ4n) is 4.34. The molecular formula is C23H29Cl2N3O. The lowest BCUT2D eigenvalue weighted by Crippen LogP contribution is -2.52. The minimum absolute atomic E-state index is 0.0826. The normalized spacial score (nSPS) is 23.3. The Bertz CT molecular complexity index is 768. The molecule has 6 heteroatoms. The van der Waals surface area contributed by atoms with Gasteiger partial charge in [-0.3, -0.25) is 4.90 Å². The minimum Gasteiger partial charge on any atom is -0.337 e. The van der Waals surface area contributed by atoms with Gasteiger partial charge in [0.1, 0.15) is 0 Å². The van der Waals surface area contributed by atoms with E-state index in [2.05, 4.69) is 45.4 Å². The van der Waals surface area contributed by atoms with Crippen molar-refractivity contribution in [2.45, 2.75) is 50.7 Å². The van der Waals surface area contributed by atoms with Crippen LogP contribution in [-0.4, -0.2) is 47.5 Å². The van der Waals surface area contributed by atoms with E-state index in [9.17, 15) is 4.79 Å². The predicted molar refractivity (Wildman–Crippen MR) is 119 cm³/mol. The van der Waals surface area contributed by atoms with Crippen molar-refractivity contribution in [2.24, 2.45) is 5.92 Å². The van der Waals surface area contributed by atoms with Crippen LogP contribution in [0.15, 0.2) is 52.5 Å². The molecule has 0 bridgehead atoms. The second kappa shape index (κ2) is 9.55. The summed E-state index contributed by atoms with van der Waals surface area (Å²) in [6, 6.07) is 11.5. The summed E-state index contributed by atoms with van der Waals surface area (Å²) in [5.74, 6) is 0.211. The Morgan fingerprint density at radius 3 is 2.38 bits per heavy atom. The molecule has 0 radical (unpaired) electrons. The van der Waals surface area contributed by atoms with E-state index in [0.29, 0.717) is 28.7 Å². The van der Waals surface area contributed by atoms with Gasteiger partial charge in [0.05, 0.1) is 10.1 Å². The molecule has 1 N–H and O–H groups in total. The number of urea groups is 1. The van der Waals surface area contributed by atoms with E-state index in [0.717, 1.165) is 51.7 Å². The zero-order valence-corrected chi connectivity index (χ0v) is 18.2. The van der Waals surface area contributed by atoms with Crippen molar-refractivity contribution in [3.63, 3.8) is 0 Å². The SMILES string of the molecule is O=C(NCC1C=C(Cl)C(Cl)=CC1)N(C1CC1)C1CCN(Cc2ccccc2)CC1. The molecule has 4 rings (SSSR count). The van der Waals surface area contributed by atoms with Crippen LogP contribution >= 0.6 is 23.2 Å². The Balaban J connectivity index is 1.28. The Hall–Kier alpha value is -1.49. The number of likely N-dealkylation sites (tertiary alicyclic amines) is 1. The summed E-state index contributed by atoms with van der Waals surface area (Å²) < 4.78 is 0. The van der Waals surface area contributed by atoms with Crippen LogP contribution in [0.4, 0.5) is 4.79 Å². The van der Waals surface area contributed by atoms with Gasteiger partial charge in [0, 0.05) is 38.3 Å². The smallest absolute Gasteiger partial charge is 0.317 e. The van der Waals surface area contributed by atoms with Crippen molar-refractivity contribution in [1.29, 1.82) is 0 Å². The number of carbonyl (C=O) groups is 1. The highest BCUT2D eigenvalue weighted by atomic mass is 35.5. The van der Waals surface area contributed by atoms with E-state index in [-0.39, 0.29) is 11.9 Å². The van der Waals surface area contributed by atoms with Crippen molar-refractivity contribution < 1.29 is 4.79 Å². The Labute approximate surface area is 183 Å². The number of hydrogen-bond donors (Lipinski definition) is 1. The summed E-state index contributed by atoms with van der Waals surface area (Å²) in [5, 5.41) is 4.35. The van der Waals surface area contributed by atoms with Crippen LogP contribution in [0, 0.1) is 5.92 Å². The summed E-state index contributed by atoms with van der Waals surface area (Å²) in [6.07, 6.45) is 9.05. The Morgan fingerprint density at radius 1 is 1.03 bits per heavy atom. The third kappa shape index (κ3) is 5.56. The third-order valence-corrected chi connectivity index (χ3v) is 6.88. The standard InChI is InChI=1S/C23H29Cl2N3O/c24-21-9-6-18(14-22(21)25)15-26-23(29)28(19-7-8-19)20-10-12-27(13-11-20)16-17-4-2-1-3-5-17/h1-5,9,14,18-20H,6-8,10-13,15-16H2,(H,26,29). The van der Waals surface area contributed by atoms with Gasteiger partial charge >= 0.3 is 6.03 Å². The van der Waals surface area contributed by atoms with Gasteiger partial charge in [-0.25, -0.2) is 4.79 Å². The lowest BCUT2D eigenvalue weighted by atomic mass is 10.0. The first-order valence-corrected chi connectivity index (χ1v) is 11.4. The number of hydrogen-bond acceptors (Lipinski definition) is 2. The van der Waals surface area contributed by atoms with E-state index in [1.807, 2.05) is 12.2 Å². The maximum atomic E-state index is 13.0. The second-order valence-electron chi connectivity index (χ2n) is 8.38. The first kappa shape index (κ1) is 20.8. The quantitative estimate of drug-likeness (QED) is 0.677. The van der Waals surface area contributed by atoms with Crippen molar-refractivity contribution >= 4 is 29.2 Å². The van der Waals surface area contributed by atoms with Crippen LogP contribution in [0.5, 0.6) is 0 Å². The summed E-state index contributed by atoms with van der Waals surface area (Å²) >= 11 is 12.1. The maximum absolute atomic E-state index is 13.0. The number of carbonyl (C=O) groups excluding carboxylic acids is 1. The first-order valence-electron chi connectivity index (χ1n) is 10.7. The van der Waals surface area contributed by atoms with Gasteiger partial charge in [0.25, 0.3) is 0 Å². The molecule has 1 heterocycles. The van der Waals surface area contributed by atoms with Crippen LogP contribution < -0.4 is 5.32 Å². The van der Waals surface area contributed by atoms with E-state index in [4.69, 9.17) is 23.2 Å². The topological polar surface area (TPSA) is 35.6 Å². The molecule has 1 aromatic carbocycles. The van der Waals surface area contributed by atoms with Gasteiger partial charge in [-0.15, -0.1) is 0 Å². The minimum atomic E-state index is 0.0826. The fourth-order valence-corrected chi connectivity index (χ4v) is 4.75. The second-order valence-corrected chi connectivity index (χ2v) is 9.19. The van der Waals surface area contributed by atoms with Crippen LogP contribution in [0.25, 0.3) is 0 Å². The lowest BCUT2D eigenvalue weighted by Gasteiger charge is -2.39. The van der Waals surface area contributed by atoms with Gasteiger partial charge in [-0.2, -0.15) is 0 Å². The molecule has 156 valence electrons. The van der Waals surface area contributed by atoms with Crippen molar-refractivity contribution in [3.8, 4) is 0 Å². The highest BCUT2D eigenvalue weighted by Gasteiger charge is 2.38. The van der Waals surface area contributed by atoms with Crippen molar-refractivity contribution in [3.05, 3.63) is 58.1 Å². The Morgan fingerprint density at radius 2 is 1.72 bits per heavy atom.